The van der Waals surface area contributed by atoms with Crippen molar-refractivity contribution in [3.05, 3.63) is 28.8 Å². The maximum absolute atomic E-state index is 12.8. The molecule has 1 fully saturated rings. The predicted molar refractivity (Wildman–Crippen MR) is 121 cm³/mol. The minimum atomic E-state index is -0.249. The molecule has 0 radical (unpaired) electrons. The van der Waals surface area contributed by atoms with E-state index in [2.05, 4.69) is 25.6 Å². The van der Waals surface area contributed by atoms with Gasteiger partial charge in [0.1, 0.15) is 11.6 Å². The number of rotatable bonds is 4. The Bertz CT molecular complexity index is 1100. The molecule has 0 aromatic carbocycles. The summed E-state index contributed by atoms with van der Waals surface area (Å²) in [5.41, 5.74) is 3.14. The highest BCUT2D eigenvalue weighted by Crippen LogP contribution is 2.28. The van der Waals surface area contributed by atoms with Crippen molar-refractivity contribution < 1.29 is 14.1 Å². The average molecular weight is 439 g/mol. The van der Waals surface area contributed by atoms with Crippen LogP contribution < -0.4 is 5.32 Å². The zero-order valence-electron chi connectivity index (χ0n) is 19.4. The van der Waals surface area contributed by atoms with Crippen LogP contribution in [0.25, 0.3) is 0 Å². The number of aliphatic imine (C=N–C) groups is 2. The topological polar surface area (TPSA) is 115 Å². The molecule has 1 atom stereocenters. The lowest BCUT2D eigenvalue weighted by molar-refractivity contribution is -0.120. The highest BCUT2D eigenvalue weighted by atomic mass is 16.5. The Kier molecular flexibility index (Phi) is 5.83. The van der Waals surface area contributed by atoms with Crippen molar-refractivity contribution in [2.24, 2.45) is 15.9 Å². The van der Waals surface area contributed by atoms with E-state index in [1.54, 1.807) is 0 Å². The summed E-state index contributed by atoms with van der Waals surface area (Å²) < 4.78 is 6.67. The fourth-order valence-corrected chi connectivity index (χ4v) is 4.11. The summed E-state index contributed by atoms with van der Waals surface area (Å²) in [6.07, 6.45) is 4.42. The first-order valence-corrected chi connectivity index (χ1v) is 11.2. The van der Waals surface area contributed by atoms with Gasteiger partial charge in [-0.05, 0) is 39.5 Å². The van der Waals surface area contributed by atoms with E-state index in [1.807, 2.05) is 40.7 Å². The molecule has 9 heteroatoms. The van der Waals surface area contributed by atoms with E-state index in [0.717, 1.165) is 54.1 Å². The molecule has 4 rings (SSSR count). The number of carbonyl (C=O) groups is 2. The molecule has 1 saturated carbocycles. The molecule has 2 aliphatic rings. The Balaban J connectivity index is 1.59. The van der Waals surface area contributed by atoms with Crippen LogP contribution in [0.5, 0.6) is 0 Å². The minimum absolute atomic E-state index is 0.169. The van der Waals surface area contributed by atoms with E-state index >= 15 is 0 Å². The Hall–Kier alpha value is -3.10. The zero-order chi connectivity index (χ0) is 23.0. The molecule has 3 heterocycles. The number of amides is 2. The summed E-state index contributed by atoms with van der Waals surface area (Å²) in [5, 5.41) is 11.5. The second-order valence-electron chi connectivity index (χ2n) is 9.58. The second-order valence-corrected chi connectivity index (χ2v) is 9.58. The third kappa shape index (κ3) is 4.42. The highest BCUT2D eigenvalue weighted by molar-refractivity contribution is 6.16. The van der Waals surface area contributed by atoms with Crippen LogP contribution in [0.4, 0.5) is 5.82 Å². The first-order chi connectivity index (χ1) is 15.1. The maximum atomic E-state index is 12.8. The summed E-state index contributed by atoms with van der Waals surface area (Å²) in [6, 6.07) is 1.83. The van der Waals surface area contributed by atoms with Gasteiger partial charge >= 0.3 is 0 Å². The van der Waals surface area contributed by atoms with Gasteiger partial charge in [0, 0.05) is 29.2 Å². The molecule has 0 saturated heterocycles. The lowest BCUT2D eigenvalue weighted by atomic mass is 9.86. The predicted octanol–water partition coefficient (Wildman–Crippen LogP) is 3.73. The molecule has 1 aliphatic heterocycles. The number of aryl methyl sites for hydroxylation is 2. The van der Waals surface area contributed by atoms with Crippen molar-refractivity contribution in [3.63, 3.8) is 0 Å². The maximum Gasteiger partial charge on any atom is 0.257 e. The third-order valence-corrected chi connectivity index (χ3v) is 6.05. The Morgan fingerprint density at radius 1 is 1.25 bits per heavy atom. The van der Waals surface area contributed by atoms with E-state index in [9.17, 15) is 9.59 Å². The molecule has 32 heavy (non-hydrogen) atoms. The summed E-state index contributed by atoms with van der Waals surface area (Å²) >= 11 is 0. The minimum Gasteiger partial charge on any atom is -0.361 e. The molecule has 170 valence electrons. The summed E-state index contributed by atoms with van der Waals surface area (Å²) in [5.74, 6) is 0.857. The van der Waals surface area contributed by atoms with Crippen molar-refractivity contribution in [1.82, 2.24) is 14.9 Å². The second kappa shape index (κ2) is 8.44. The van der Waals surface area contributed by atoms with Gasteiger partial charge in [-0.3, -0.25) is 9.59 Å². The van der Waals surface area contributed by atoms with Crippen LogP contribution in [0, 0.1) is 19.8 Å². The fraction of sp³-hybridized carbons (Fsp3) is 0.565. The molecule has 2 aromatic rings. The van der Waals surface area contributed by atoms with Crippen molar-refractivity contribution in [2.75, 3.05) is 5.32 Å². The average Bonchev–Trinajstić information content (AvgIpc) is 3.30. The van der Waals surface area contributed by atoms with E-state index in [1.165, 1.54) is 4.68 Å². The van der Waals surface area contributed by atoms with Crippen LogP contribution in [-0.4, -0.2) is 38.4 Å². The number of anilines is 1. The van der Waals surface area contributed by atoms with Gasteiger partial charge in [-0.25, -0.2) is 4.99 Å². The largest absolute Gasteiger partial charge is 0.361 e. The SMILES string of the molecule is Cc1noc(C)c1CCC(=O)Nc1cc(C(C)(C)C)nn1C1=NC(=O)C2CCCCC2=N1. The molecule has 0 spiro atoms. The monoisotopic (exact) mass is 438 g/mol. The van der Waals surface area contributed by atoms with Crippen LogP contribution in [0.1, 0.15) is 75.6 Å². The summed E-state index contributed by atoms with van der Waals surface area (Å²) in [4.78, 5) is 34.3. The van der Waals surface area contributed by atoms with Gasteiger partial charge in [0.05, 0.1) is 17.3 Å². The number of nitrogens with one attached hydrogen (secondary N) is 1. The Labute approximate surface area is 187 Å². The smallest absolute Gasteiger partial charge is 0.257 e. The number of nitrogens with zero attached hydrogens (tertiary/aromatic N) is 5. The lowest BCUT2D eigenvalue weighted by Crippen LogP contribution is -2.34. The molecule has 9 nitrogen and oxygen atoms in total. The number of hydrogen-bond acceptors (Lipinski definition) is 6. The quantitative estimate of drug-likeness (QED) is 0.781. The van der Waals surface area contributed by atoms with Gasteiger partial charge in [-0.1, -0.05) is 32.3 Å². The van der Waals surface area contributed by atoms with Crippen LogP contribution in [0.3, 0.4) is 0 Å². The van der Waals surface area contributed by atoms with Crippen molar-refractivity contribution in [2.45, 2.75) is 78.6 Å². The number of aromatic nitrogens is 3. The molecule has 2 aromatic heterocycles. The van der Waals surface area contributed by atoms with E-state index in [0.29, 0.717) is 12.2 Å². The van der Waals surface area contributed by atoms with E-state index < -0.39 is 0 Å². The van der Waals surface area contributed by atoms with Crippen LogP contribution >= 0.6 is 0 Å². The Morgan fingerprint density at radius 2 is 2.03 bits per heavy atom. The lowest BCUT2D eigenvalue weighted by Gasteiger charge is -2.24. The van der Waals surface area contributed by atoms with Crippen LogP contribution in [-0.2, 0) is 21.4 Å². The number of carbonyl (C=O) groups excluding carboxylic acids is 2. The van der Waals surface area contributed by atoms with E-state index in [-0.39, 0.29) is 35.5 Å². The van der Waals surface area contributed by atoms with Gasteiger partial charge < -0.3 is 9.84 Å². The normalized spacial score (nSPS) is 18.8. The number of hydrogen-bond donors (Lipinski definition) is 1. The van der Waals surface area contributed by atoms with Crippen LogP contribution in [0.2, 0.25) is 0 Å². The van der Waals surface area contributed by atoms with Gasteiger partial charge in [0.15, 0.2) is 0 Å². The summed E-state index contributed by atoms with van der Waals surface area (Å²) in [7, 11) is 0. The van der Waals surface area contributed by atoms with Crippen LogP contribution in [0.15, 0.2) is 20.6 Å². The van der Waals surface area contributed by atoms with Gasteiger partial charge in [0.25, 0.3) is 11.9 Å². The third-order valence-electron chi connectivity index (χ3n) is 6.05. The van der Waals surface area contributed by atoms with Gasteiger partial charge in [-0.2, -0.15) is 14.8 Å². The standard InChI is InChI=1S/C23H30N6O3/c1-13-15(14(2)32-28-13)10-11-20(30)25-19-12-18(23(3,4)5)27-29(19)22-24-17-9-7-6-8-16(17)21(31)26-22/h12,16H,6-11H2,1-5H3,(H,25,30). The summed E-state index contributed by atoms with van der Waals surface area (Å²) in [6.45, 7) is 9.83. The fourth-order valence-electron chi connectivity index (χ4n) is 4.11. The molecular weight excluding hydrogens is 408 g/mol. The highest BCUT2D eigenvalue weighted by Gasteiger charge is 2.32. The van der Waals surface area contributed by atoms with Crippen molar-refractivity contribution in [3.8, 4) is 0 Å². The van der Waals surface area contributed by atoms with Crippen molar-refractivity contribution in [1.29, 1.82) is 0 Å². The first-order valence-electron chi connectivity index (χ1n) is 11.2. The molecular formula is C23H30N6O3. The molecule has 1 unspecified atom stereocenters. The molecule has 2 amide bonds. The molecule has 1 aliphatic carbocycles. The number of fused-ring (bicyclic) bond motifs is 1. The zero-order valence-corrected chi connectivity index (χ0v) is 19.4. The van der Waals surface area contributed by atoms with E-state index in [4.69, 9.17) is 4.52 Å². The molecule has 1 N–H and O–H groups in total. The molecule has 0 bridgehead atoms. The van der Waals surface area contributed by atoms with Gasteiger partial charge in [0.2, 0.25) is 5.91 Å². The van der Waals surface area contributed by atoms with Gasteiger partial charge in [-0.15, -0.1) is 0 Å². The Morgan fingerprint density at radius 3 is 2.72 bits per heavy atom. The van der Waals surface area contributed by atoms with Crippen molar-refractivity contribution >= 4 is 29.3 Å². The first kappa shape index (κ1) is 22.1.